The fourth-order valence-corrected chi connectivity index (χ4v) is 3.41. The second-order valence-corrected chi connectivity index (χ2v) is 6.47. The molecule has 0 amide bonds. The fourth-order valence-electron chi connectivity index (χ4n) is 3.03. The first kappa shape index (κ1) is 13.1. The molecule has 1 fully saturated rings. The van der Waals surface area contributed by atoms with Crippen molar-refractivity contribution in [2.45, 2.75) is 45.6 Å². The summed E-state index contributed by atoms with van der Waals surface area (Å²) in [5.74, 6) is 1.50. The van der Waals surface area contributed by atoms with Gasteiger partial charge in [-0.1, -0.05) is 41.8 Å². The number of halogens is 1. The van der Waals surface area contributed by atoms with Crippen LogP contribution in [0.5, 0.6) is 0 Å². The van der Waals surface area contributed by atoms with Crippen molar-refractivity contribution in [3.63, 3.8) is 0 Å². The summed E-state index contributed by atoms with van der Waals surface area (Å²) in [5.41, 5.74) is 9.12. The van der Waals surface area contributed by atoms with E-state index in [9.17, 15) is 0 Å². The first-order valence-electron chi connectivity index (χ1n) is 6.59. The van der Waals surface area contributed by atoms with E-state index in [-0.39, 0.29) is 6.04 Å². The Hall–Kier alpha value is -0.340. The van der Waals surface area contributed by atoms with E-state index < -0.39 is 0 Å². The number of hydrogen-bond acceptors (Lipinski definition) is 1. The smallest absolute Gasteiger partial charge is 0.0326 e. The third-order valence-electron chi connectivity index (χ3n) is 4.09. The van der Waals surface area contributed by atoms with Gasteiger partial charge in [0, 0.05) is 10.5 Å². The number of benzene rings is 1. The van der Waals surface area contributed by atoms with E-state index in [0.29, 0.717) is 5.92 Å². The quantitative estimate of drug-likeness (QED) is 0.849. The molecule has 0 aromatic heterocycles. The van der Waals surface area contributed by atoms with E-state index in [1.807, 2.05) is 0 Å². The van der Waals surface area contributed by atoms with E-state index in [0.717, 1.165) is 10.4 Å². The molecule has 2 rings (SSSR count). The van der Waals surface area contributed by atoms with Gasteiger partial charge in [0.25, 0.3) is 0 Å². The molecule has 0 saturated heterocycles. The van der Waals surface area contributed by atoms with Crippen LogP contribution in [0.2, 0.25) is 0 Å². The zero-order valence-electron chi connectivity index (χ0n) is 10.7. The molecule has 1 aromatic carbocycles. The van der Waals surface area contributed by atoms with Gasteiger partial charge in [0.05, 0.1) is 0 Å². The molecule has 1 saturated carbocycles. The molecule has 3 atom stereocenters. The van der Waals surface area contributed by atoms with Gasteiger partial charge in [0.1, 0.15) is 0 Å². The van der Waals surface area contributed by atoms with E-state index in [1.165, 1.54) is 36.8 Å². The van der Waals surface area contributed by atoms with Crippen molar-refractivity contribution in [1.82, 2.24) is 0 Å². The molecule has 0 bridgehead atoms. The Labute approximate surface area is 113 Å². The lowest BCUT2D eigenvalue weighted by Crippen LogP contribution is -2.26. The molecule has 1 aromatic rings. The number of nitrogens with two attached hydrogens (primary N) is 1. The largest absolute Gasteiger partial charge is 0.324 e. The topological polar surface area (TPSA) is 26.0 Å². The lowest BCUT2D eigenvalue weighted by molar-refractivity contribution is 0.247. The van der Waals surface area contributed by atoms with Gasteiger partial charge in [-0.05, 0) is 54.9 Å². The molecule has 1 aliphatic rings. The lowest BCUT2D eigenvalue weighted by atomic mass is 9.76. The van der Waals surface area contributed by atoms with Gasteiger partial charge in [-0.25, -0.2) is 0 Å². The summed E-state index contributed by atoms with van der Waals surface area (Å²) in [6, 6.07) is 6.65. The molecule has 17 heavy (non-hydrogen) atoms. The molecule has 0 heterocycles. The van der Waals surface area contributed by atoms with Crippen LogP contribution in [0.15, 0.2) is 22.7 Å². The van der Waals surface area contributed by atoms with Crippen molar-refractivity contribution in [1.29, 1.82) is 0 Å². The molecule has 0 aliphatic heterocycles. The van der Waals surface area contributed by atoms with Crippen LogP contribution in [0.4, 0.5) is 0 Å². The van der Waals surface area contributed by atoms with E-state index >= 15 is 0 Å². The van der Waals surface area contributed by atoms with Crippen LogP contribution < -0.4 is 5.73 Å². The van der Waals surface area contributed by atoms with Gasteiger partial charge in [0.2, 0.25) is 0 Å². The minimum Gasteiger partial charge on any atom is -0.324 e. The Balaban J connectivity index is 2.18. The summed E-state index contributed by atoms with van der Waals surface area (Å²) in [6.45, 7) is 4.51. The normalized spacial score (nSPS) is 26.8. The zero-order chi connectivity index (χ0) is 12.4. The van der Waals surface area contributed by atoms with Crippen molar-refractivity contribution in [2.24, 2.45) is 17.6 Å². The van der Waals surface area contributed by atoms with Crippen LogP contribution in [0, 0.1) is 18.8 Å². The molecular formula is C15H22BrN. The maximum atomic E-state index is 6.48. The van der Waals surface area contributed by atoms with Crippen molar-refractivity contribution in [3.05, 3.63) is 33.8 Å². The first-order valence-corrected chi connectivity index (χ1v) is 7.39. The highest BCUT2D eigenvalue weighted by Crippen LogP contribution is 2.37. The van der Waals surface area contributed by atoms with Gasteiger partial charge >= 0.3 is 0 Å². The first-order chi connectivity index (χ1) is 8.08. The Morgan fingerprint density at radius 3 is 2.82 bits per heavy atom. The fraction of sp³-hybridized carbons (Fsp3) is 0.600. The van der Waals surface area contributed by atoms with Crippen molar-refractivity contribution >= 4 is 15.9 Å². The van der Waals surface area contributed by atoms with Crippen LogP contribution in [0.25, 0.3) is 0 Å². The molecule has 0 radical (unpaired) electrons. The van der Waals surface area contributed by atoms with Crippen LogP contribution in [0.3, 0.4) is 0 Å². The van der Waals surface area contributed by atoms with E-state index in [1.54, 1.807) is 0 Å². The molecular weight excluding hydrogens is 274 g/mol. The van der Waals surface area contributed by atoms with E-state index in [4.69, 9.17) is 5.73 Å². The molecule has 1 nitrogen and oxygen atoms in total. The molecule has 2 N–H and O–H groups in total. The Morgan fingerprint density at radius 1 is 1.35 bits per heavy atom. The highest BCUT2D eigenvalue weighted by molar-refractivity contribution is 9.10. The highest BCUT2D eigenvalue weighted by atomic mass is 79.9. The molecule has 2 heteroatoms. The summed E-state index contributed by atoms with van der Waals surface area (Å²) < 4.78 is 1.14. The lowest BCUT2D eigenvalue weighted by Gasteiger charge is -2.32. The number of aryl methyl sites for hydroxylation is 1. The third-order valence-corrected chi connectivity index (χ3v) is 4.58. The second-order valence-electron chi connectivity index (χ2n) is 5.56. The monoisotopic (exact) mass is 295 g/mol. The van der Waals surface area contributed by atoms with Gasteiger partial charge in [0.15, 0.2) is 0 Å². The Kier molecular flexibility index (Phi) is 4.26. The van der Waals surface area contributed by atoms with Crippen LogP contribution in [0.1, 0.15) is 49.8 Å². The van der Waals surface area contributed by atoms with Crippen LogP contribution in [-0.2, 0) is 0 Å². The maximum Gasteiger partial charge on any atom is 0.0326 e. The van der Waals surface area contributed by atoms with Crippen molar-refractivity contribution < 1.29 is 0 Å². The van der Waals surface area contributed by atoms with Crippen LogP contribution in [-0.4, -0.2) is 0 Å². The summed E-state index contributed by atoms with van der Waals surface area (Å²) in [4.78, 5) is 0. The van der Waals surface area contributed by atoms with Gasteiger partial charge in [-0.2, -0.15) is 0 Å². The minimum atomic E-state index is 0.204. The second kappa shape index (κ2) is 5.53. The minimum absolute atomic E-state index is 0.204. The number of rotatable bonds is 2. The zero-order valence-corrected chi connectivity index (χ0v) is 12.3. The molecule has 0 spiro atoms. The van der Waals surface area contributed by atoms with Crippen molar-refractivity contribution in [3.8, 4) is 0 Å². The highest BCUT2D eigenvalue weighted by Gasteiger charge is 2.26. The summed E-state index contributed by atoms with van der Waals surface area (Å²) >= 11 is 3.54. The summed E-state index contributed by atoms with van der Waals surface area (Å²) in [5, 5.41) is 0. The molecule has 94 valence electrons. The van der Waals surface area contributed by atoms with Gasteiger partial charge in [-0.3, -0.25) is 0 Å². The summed E-state index contributed by atoms with van der Waals surface area (Å²) in [7, 11) is 0. The summed E-state index contributed by atoms with van der Waals surface area (Å²) in [6.07, 6.45) is 5.29. The van der Waals surface area contributed by atoms with Gasteiger partial charge < -0.3 is 5.73 Å². The Bertz CT molecular complexity index is 389. The number of hydrogen-bond donors (Lipinski definition) is 1. The molecule has 3 unspecified atom stereocenters. The average Bonchev–Trinajstić information content (AvgIpc) is 2.31. The third kappa shape index (κ3) is 3.11. The Morgan fingerprint density at radius 2 is 2.12 bits per heavy atom. The molecule has 1 aliphatic carbocycles. The predicted octanol–water partition coefficient (Wildman–Crippen LogP) is 4.58. The van der Waals surface area contributed by atoms with Crippen LogP contribution >= 0.6 is 15.9 Å². The standard InChI is InChI=1S/C15H22BrN/c1-10-4-3-5-12(8-10)15(17)14-9-13(16)7-6-11(14)2/h6-7,9-10,12,15H,3-5,8,17H2,1-2H3. The average molecular weight is 296 g/mol. The maximum absolute atomic E-state index is 6.48. The van der Waals surface area contributed by atoms with E-state index in [2.05, 4.69) is 48.0 Å². The van der Waals surface area contributed by atoms with Crippen molar-refractivity contribution in [2.75, 3.05) is 0 Å². The van der Waals surface area contributed by atoms with Gasteiger partial charge in [-0.15, -0.1) is 0 Å². The SMILES string of the molecule is Cc1ccc(Br)cc1C(N)C1CCCC(C)C1. The predicted molar refractivity (Wildman–Crippen MR) is 76.9 cm³/mol.